The van der Waals surface area contributed by atoms with Crippen molar-refractivity contribution in [2.24, 2.45) is 0 Å². The summed E-state index contributed by atoms with van der Waals surface area (Å²) in [7, 11) is 0. The van der Waals surface area contributed by atoms with Crippen LogP contribution in [-0.2, 0) is 0 Å². The Hall–Kier alpha value is -1.60. The fourth-order valence-corrected chi connectivity index (χ4v) is 0.493. The molecule has 0 aliphatic carbocycles. The van der Waals surface area contributed by atoms with Crippen LogP contribution in [0.2, 0.25) is 0 Å². The molecule has 0 saturated heterocycles. The molecule has 1 nitrogen and oxygen atoms in total. The fraction of sp³-hybridized carbons (Fsp3) is 0. The van der Waals surface area contributed by atoms with Crippen LogP contribution >= 0.6 is 0 Å². The smallest absolute Gasteiger partial charge is 0.178 e. The van der Waals surface area contributed by atoms with E-state index < -0.39 is 0 Å². The molecule has 1 aromatic rings. The molecule has 0 aromatic carbocycles. The number of terminal acetylenes is 2. The second-order valence-corrected chi connectivity index (χ2v) is 1.45. The molecule has 1 heterocycles. The van der Waals surface area contributed by atoms with Gasteiger partial charge in [0, 0.05) is 0 Å². The van der Waals surface area contributed by atoms with Crippen molar-refractivity contribution in [3.8, 4) is 24.7 Å². The third kappa shape index (κ3) is 0.953. The van der Waals surface area contributed by atoms with E-state index in [1.54, 1.807) is 12.1 Å². The minimum atomic E-state index is 0.475. The van der Waals surface area contributed by atoms with E-state index in [2.05, 4.69) is 11.8 Å². The largest absolute Gasteiger partial charge is 0.439 e. The van der Waals surface area contributed by atoms with Crippen molar-refractivity contribution in [2.75, 3.05) is 0 Å². The van der Waals surface area contributed by atoms with E-state index in [0.29, 0.717) is 11.5 Å². The molecule has 0 aliphatic rings. The predicted molar refractivity (Wildman–Crippen MR) is 34.6 cm³/mol. The highest BCUT2D eigenvalue weighted by molar-refractivity contribution is 5.29. The Morgan fingerprint density at radius 1 is 1.11 bits per heavy atom. The molecule has 0 unspecified atom stereocenters. The van der Waals surface area contributed by atoms with Crippen molar-refractivity contribution in [2.45, 2.75) is 0 Å². The van der Waals surface area contributed by atoms with Crippen LogP contribution in [0.5, 0.6) is 0 Å². The maximum atomic E-state index is 5.01. The van der Waals surface area contributed by atoms with Crippen molar-refractivity contribution in [1.29, 1.82) is 0 Å². The first-order valence-electron chi connectivity index (χ1n) is 2.40. The normalized spacial score (nSPS) is 7.78. The molecule has 1 heteroatoms. The second-order valence-electron chi connectivity index (χ2n) is 1.45. The first kappa shape index (κ1) is 5.54. The Labute approximate surface area is 53.7 Å². The lowest BCUT2D eigenvalue weighted by Crippen LogP contribution is -1.60. The van der Waals surface area contributed by atoms with Gasteiger partial charge in [-0.05, 0) is 24.0 Å². The Kier molecular flexibility index (Phi) is 1.30. The zero-order valence-electron chi connectivity index (χ0n) is 4.72. The molecule has 0 fully saturated rings. The van der Waals surface area contributed by atoms with Crippen LogP contribution in [0.4, 0.5) is 0 Å². The van der Waals surface area contributed by atoms with Gasteiger partial charge in [0.25, 0.3) is 0 Å². The summed E-state index contributed by atoms with van der Waals surface area (Å²) in [6, 6.07) is 3.32. The molecule has 1 aromatic heterocycles. The van der Waals surface area contributed by atoms with E-state index in [1.807, 2.05) is 0 Å². The van der Waals surface area contributed by atoms with Crippen LogP contribution < -0.4 is 0 Å². The fourth-order valence-electron chi connectivity index (χ4n) is 0.493. The van der Waals surface area contributed by atoms with Gasteiger partial charge in [-0.25, -0.2) is 0 Å². The van der Waals surface area contributed by atoms with Crippen molar-refractivity contribution >= 4 is 0 Å². The highest BCUT2D eigenvalue weighted by Gasteiger charge is 1.92. The first-order chi connectivity index (χ1) is 4.36. The average Bonchev–Trinajstić information content (AvgIpc) is 2.34. The third-order valence-electron chi connectivity index (χ3n) is 0.891. The molecule has 9 heavy (non-hydrogen) atoms. The molecule has 42 valence electrons. The monoisotopic (exact) mass is 116 g/mol. The van der Waals surface area contributed by atoms with E-state index in [1.165, 1.54) is 0 Å². The third-order valence-corrected chi connectivity index (χ3v) is 0.891. The summed E-state index contributed by atoms with van der Waals surface area (Å²) in [6.07, 6.45) is 10.0. The van der Waals surface area contributed by atoms with E-state index >= 15 is 0 Å². The molecule has 0 spiro atoms. The minimum Gasteiger partial charge on any atom is -0.439 e. The molecular formula is C8H4O. The number of hydrogen-bond acceptors (Lipinski definition) is 1. The lowest BCUT2D eigenvalue weighted by molar-refractivity contribution is 0.542. The highest BCUT2D eigenvalue weighted by Crippen LogP contribution is 2.03. The van der Waals surface area contributed by atoms with Gasteiger partial charge in [-0.2, -0.15) is 0 Å². The van der Waals surface area contributed by atoms with Crippen molar-refractivity contribution < 1.29 is 4.42 Å². The standard InChI is InChI=1S/C8H4O/c1-3-7-5-6-8(4-2)9-7/h1-2,5-6H. The summed E-state index contributed by atoms with van der Waals surface area (Å²) in [5.41, 5.74) is 0. The Balaban J connectivity index is 3.08. The zero-order chi connectivity index (χ0) is 6.69. The van der Waals surface area contributed by atoms with Gasteiger partial charge < -0.3 is 4.42 Å². The lowest BCUT2D eigenvalue weighted by Gasteiger charge is -1.75. The van der Waals surface area contributed by atoms with Crippen molar-refractivity contribution in [3.05, 3.63) is 23.7 Å². The van der Waals surface area contributed by atoms with Gasteiger partial charge in [0.15, 0.2) is 11.5 Å². The van der Waals surface area contributed by atoms with Crippen molar-refractivity contribution in [3.63, 3.8) is 0 Å². The molecule has 0 aliphatic heterocycles. The van der Waals surface area contributed by atoms with Gasteiger partial charge in [-0.3, -0.25) is 0 Å². The zero-order valence-corrected chi connectivity index (χ0v) is 4.72. The summed E-state index contributed by atoms with van der Waals surface area (Å²) in [4.78, 5) is 0. The average molecular weight is 116 g/mol. The van der Waals surface area contributed by atoms with E-state index in [-0.39, 0.29) is 0 Å². The van der Waals surface area contributed by atoms with Gasteiger partial charge in [0.05, 0.1) is 0 Å². The molecule has 0 amide bonds. The molecule has 1 rings (SSSR count). The quantitative estimate of drug-likeness (QED) is 0.465. The first-order valence-corrected chi connectivity index (χ1v) is 2.40. The summed E-state index contributed by atoms with van der Waals surface area (Å²) < 4.78 is 4.91. The van der Waals surface area contributed by atoms with Gasteiger partial charge >= 0.3 is 0 Å². The van der Waals surface area contributed by atoms with Crippen LogP contribution in [0.15, 0.2) is 16.5 Å². The van der Waals surface area contributed by atoms with Crippen LogP contribution in [0.1, 0.15) is 11.5 Å². The summed E-state index contributed by atoms with van der Waals surface area (Å²) >= 11 is 0. The van der Waals surface area contributed by atoms with Crippen LogP contribution in [0, 0.1) is 24.7 Å². The van der Waals surface area contributed by atoms with Gasteiger partial charge in [0.1, 0.15) is 0 Å². The van der Waals surface area contributed by atoms with Crippen LogP contribution in [0.3, 0.4) is 0 Å². The van der Waals surface area contributed by atoms with Gasteiger partial charge in [0.2, 0.25) is 0 Å². The molecule has 0 N–H and O–H groups in total. The van der Waals surface area contributed by atoms with E-state index in [0.717, 1.165) is 0 Å². The second kappa shape index (κ2) is 2.11. The summed E-state index contributed by atoms with van der Waals surface area (Å²) in [6.45, 7) is 0. The Bertz CT molecular complexity index is 252. The van der Waals surface area contributed by atoms with E-state index in [9.17, 15) is 0 Å². The van der Waals surface area contributed by atoms with Crippen LogP contribution in [-0.4, -0.2) is 0 Å². The maximum absolute atomic E-state index is 5.01. The Morgan fingerprint density at radius 3 is 1.78 bits per heavy atom. The predicted octanol–water partition coefficient (Wildman–Crippen LogP) is 1.24. The van der Waals surface area contributed by atoms with Crippen molar-refractivity contribution in [1.82, 2.24) is 0 Å². The highest BCUT2D eigenvalue weighted by atomic mass is 16.3. The lowest BCUT2D eigenvalue weighted by atomic mass is 10.4. The van der Waals surface area contributed by atoms with Gasteiger partial charge in [-0.1, -0.05) is 0 Å². The topological polar surface area (TPSA) is 13.1 Å². The van der Waals surface area contributed by atoms with Crippen LogP contribution in [0.25, 0.3) is 0 Å². The molecule has 0 radical (unpaired) electrons. The molecule has 0 saturated carbocycles. The summed E-state index contributed by atoms with van der Waals surface area (Å²) in [5.74, 6) is 5.59. The number of furan rings is 1. The maximum Gasteiger partial charge on any atom is 0.178 e. The molecule has 0 bridgehead atoms. The van der Waals surface area contributed by atoms with Gasteiger partial charge in [-0.15, -0.1) is 12.8 Å². The van der Waals surface area contributed by atoms with E-state index in [4.69, 9.17) is 17.3 Å². The Morgan fingerprint density at radius 2 is 1.56 bits per heavy atom. The molecular weight excluding hydrogens is 112 g/mol. The SMILES string of the molecule is C#Cc1ccc(C#C)o1. The molecule has 0 atom stereocenters. The number of rotatable bonds is 0. The number of hydrogen-bond donors (Lipinski definition) is 0. The minimum absolute atomic E-state index is 0.475. The summed E-state index contributed by atoms with van der Waals surface area (Å²) in [5, 5.41) is 0.